The smallest absolute Gasteiger partial charge is 0.119 e. The first-order valence-corrected chi connectivity index (χ1v) is 5.83. The number of nitrogens with one attached hydrogen (secondary N) is 1. The number of benzene rings is 1. The minimum absolute atomic E-state index is 0. The zero-order chi connectivity index (χ0) is 10.5. The Labute approximate surface area is 104 Å². The number of ether oxygens (including phenoxy) is 1. The van der Waals surface area contributed by atoms with E-state index in [0.29, 0.717) is 0 Å². The van der Waals surface area contributed by atoms with Crippen molar-refractivity contribution in [3.63, 3.8) is 0 Å². The number of hydrogen-bond acceptors (Lipinski definition) is 2. The van der Waals surface area contributed by atoms with Crippen LogP contribution >= 0.6 is 12.4 Å². The molecule has 2 rings (SSSR count). The van der Waals surface area contributed by atoms with E-state index in [0.717, 1.165) is 31.4 Å². The van der Waals surface area contributed by atoms with Gasteiger partial charge >= 0.3 is 0 Å². The van der Waals surface area contributed by atoms with E-state index < -0.39 is 0 Å². The van der Waals surface area contributed by atoms with Gasteiger partial charge in [-0.25, -0.2) is 0 Å². The molecule has 0 amide bonds. The molecule has 1 N–H and O–H groups in total. The van der Waals surface area contributed by atoms with Gasteiger partial charge < -0.3 is 10.1 Å². The first-order valence-electron chi connectivity index (χ1n) is 5.83. The summed E-state index contributed by atoms with van der Waals surface area (Å²) in [6, 6.07) is 8.59. The lowest BCUT2D eigenvalue weighted by Gasteiger charge is -2.23. The van der Waals surface area contributed by atoms with Crippen molar-refractivity contribution in [3.05, 3.63) is 29.8 Å². The van der Waals surface area contributed by atoms with Crippen molar-refractivity contribution in [3.8, 4) is 5.75 Å². The van der Waals surface area contributed by atoms with Crippen molar-refractivity contribution in [2.45, 2.75) is 25.7 Å². The molecule has 0 atom stereocenters. The van der Waals surface area contributed by atoms with Crippen LogP contribution in [0.2, 0.25) is 0 Å². The first kappa shape index (κ1) is 13.3. The lowest BCUT2D eigenvalue weighted by atomic mass is 9.90. The first-order chi connectivity index (χ1) is 7.40. The van der Waals surface area contributed by atoms with E-state index in [1.54, 1.807) is 0 Å². The van der Waals surface area contributed by atoms with E-state index >= 15 is 0 Å². The van der Waals surface area contributed by atoms with E-state index in [9.17, 15) is 0 Å². The molecule has 3 heteroatoms. The van der Waals surface area contributed by atoms with Crippen LogP contribution in [0.4, 0.5) is 0 Å². The summed E-state index contributed by atoms with van der Waals surface area (Å²) in [5.74, 6) is 1.72. The molecule has 1 fully saturated rings. The molecule has 0 spiro atoms. The third-order valence-electron chi connectivity index (χ3n) is 3.00. The largest absolute Gasteiger partial charge is 0.494 e. The van der Waals surface area contributed by atoms with Gasteiger partial charge in [0.25, 0.3) is 0 Å². The molecule has 90 valence electrons. The highest BCUT2D eigenvalue weighted by Crippen LogP contribution is 2.26. The van der Waals surface area contributed by atoms with Crippen LogP contribution in [0.5, 0.6) is 5.75 Å². The van der Waals surface area contributed by atoms with Gasteiger partial charge in [0.2, 0.25) is 0 Å². The number of halogens is 1. The summed E-state index contributed by atoms with van der Waals surface area (Å²) in [5.41, 5.74) is 1.46. The van der Waals surface area contributed by atoms with Gasteiger partial charge in [0.05, 0.1) is 6.61 Å². The van der Waals surface area contributed by atoms with Crippen LogP contribution in [0.1, 0.15) is 31.2 Å². The molecule has 0 aromatic heterocycles. The van der Waals surface area contributed by atoms with Gasteiger partial charge in [0.1, 0.15) is 5.75 Å². The maximum absolute atomic E-state index is 5.44. The second kappa shape index (κ2) is 6.77. The van der Waals surface area contributed by atoms with Crippen LogP contribution in [-0.4, -0.2) is 19.7 Å². The van der Waals surface area contributed by atoms with Gasteiger partial charge in [-0.2, -0.15) is 0 Å². The van der Waals surface area contributed by atoms with E-state index in [1.807, 2.05) is 6.92 Å². The maximum Gasteiger partial charge on any atom is 0.119 e. The average molecular weight is 242 g/mol. The second-order valence-corrected chi connectivity index (χ2v) is 4.03. The van der Waals surface area contributed by atoms with Gasteiger partial charge in [-0.1, -0.05) is 12.1 Å². The Hall–Kier alpha value is -0.730. The number of piperidine rings is 1. The molecule has 0 saturated carbocycles. The second-order valence-electron chi connectivity index (χ2n) is 4.03. The van der Waals surface area contributed by atoms with E-state index in [2.05, 4.69) is 29.6 Å². The average Bonchev–Trinajstić information content (AvgIpc) is 2.32. The summed E-state index contributed by atoms with van der Waals surface area (Å²) in [4.78, 5) is 0. The quantitative estimate of drug-likeness (QED) is 0.879. The summed E-state index contributed by atoms with van der Waals surface area (Å²) in [6.07, 6.45) is 2.52. The van der Waals surface area contributed by atoms with Crippen LogP contribution in [-0.2, 0) is 0 Å². The normalized spacial score (nSPS) is 16.6. The van der Waals surface area contributed by atoms with Gasteiger partial charge in [-0.3, -0.25) is 0 Å². The Morgan fingerprint density at radius 1 is 1.19 bits per heavy atom. The standard InChI is InChI=1S/C13H19NO.ClH/c1-2-15-13-5-3-11(4-6-13)12-7-9-14-10-8-12;/h3-6,12,14H,2,7-10H2,1H3;1H. The van der Waals surface area contributed by atoms with Crippen LogP contribution in [0.3, 0.4) is 0 Å². The van der Waals surface area contributed by atoms with Crippen molar-refractivity contribution in [2.24, 2.45) is 0 Å². The highest BCUT2D eigenvalue weighted by molar-refractivity contribution is 5.85. The van der Waals surface area contributed by atoms with Crippen molar-refractivity contribution in [1.82, 2.24) is 5.32 Å². The highest BCUT2D eigenvalue weighted by atomic mass is 35.5. The number of rotatable bonds is 3. The van der Waals surface area contributed by atoms with Crippen molar-refractivity contribution in [1.29, 1.82) is 0 Å². The maximum atomic E-state index is 5.44. The minimum Gasteiger partial charge on any atom is -0.494 e. The SMILES string of the molecule is CCOc1ccc(C2CCNCC2)cc1.Cl. The van der Waals surface area contributed by atoms with E-state index in [-0.39, 0.29) is 12.4 Å². The van der Waals surface area contributed by atoms with Crippen LogP contribution in [0.15, 0.2) is 24.3 Å². The molecule has 1 aliphatic rings. The Kier molecular flexibility index (Phi) is 5.64. The van der Waals surface area contributed by atoms with Crippen molar-refractivity contribution < 1.29 is 4.74 Å². The molecular formula is C13H20ClNO. The van der Waals surface area contributed by atoms with E-state index in [1.165, 1.54) is 18.4 Å². The third kappa shape index (κ3) is 3.39. The zero-order valence-corrected chi connectivity index (χ0v) is 10.6. The molecule has 1 saturated heterocycles. The highest BCUT2D eigenvalue weighted by Gasteiger charge is 2.14. The predicted molar refractivity (Wildman–Crippen MR) is 69.7 cm³/mol. The molecule has 1 aromatic rings. The Morgan fingerprint density at radius 2 is 1.81 bits per heavy atom. The molecule has 1 heterocycles. The molecule has 1 aromatic carbocycles. The lowest BCUT2D eigenvalue weighted by Crippen LogP contribution is -2.26. The van der Waals surface area contributed by atoms with Crippen molar-refractivity contribution >= 4 is 12.4 Å². The fourth-order valence-corrected chi connectivity index (χ4v) is 2.16. The lowest BCUT2D eigenvalue weighted by molar-refractivity contribution is 0.340. The molecule has 0 bridgehead atoms. The molecule has 0 aliphatic carbocycles. The Morgan fingerprint density at radius 3 is 2.38 bits per heavy atom. The number of hydrogen-bond donors (Lipinski definition) is 1. The van der Waals surface area contributed by atoms with Crippen LogP contribution < -0.4 is 10.1 Å². The Bertz CT molecular complexity index is 293. The summed E-state index contributed by atoms with van der Waals surface area (Å²) < 4.78 is 5.44. The summed E-state index contributed by atoms with van der Waals surface area (Å²) in [7, 11) is 0. The van der Waals surface area contributed by atoms with Gasteiger partial charge in [0.15, 0.2) is 0 Å². The monoisotopic (exact) mass is 241 g/mol. The summed E-state index contributed by atoms with van der Waals surface area (Å²) >= 11 is 0. The fraction of sp³-hybridized carbons (Fsp3) is 0.538. The summed E-state index contributed by atoms with van der Waals surface area (Å²) in [6.45, 7) is 5.06. The van der Waals surface area contributed by atoms with Gasteiger partial charge in [-0.05, 0) is 56.5 Å². The van der Waals surface area contributed by atoms with Crippen LogP contribution in [0, 0.1) is 0 Å². The summed E-state index contributed by atoms with van der Waals surface area (Å²) in [5, 5.41) is 3.39. The fourth-order valence-electron chi connectivity index (χ4n) is 2.16. The molecule has 2 nitrogen and oxygen atoms in total. The molecule has 0 unspecified atom stereocenters. The minimum atomic E-state index is 0. The topological polar surface area (TPSA) is 21.3 Å². The Balaban J connectivity index is 0.00000128. The van der Waals surface area contributed by atoms with Gasteiger partial charge in [0, 0.05) is 0 Å². The zero-order valence-electron chi connectivity index (χ0n) is 9.74. The van der Waals surface area contributed by atoms with Crippen LogP contribution in [0.25, 0.3) is 0 Å². The molecule has 16 heavy (non-hydrogen) atoms. The molecular weight excluding hydrogens is 222 g/mol. The van der Waals surface area contributed by atoms with Gasteiger partial charge in [-0.15, -0.1) is 12.4 Å². The molecule has 1 aliphatic heterocycles. The predicted octanol–water partition coefficient (Wildman–Crippen LogP) is 2.97. The van der Waals surface area contributed by atoms with Crippen molar-refractivity contribution in [2.75, 3.05) is 19.7 Å². The third-order valence-corrected chi connectivity index (χ3v) is 3.00. The van der Waals surface area contributed by atoms with E-state index in [4.69, 9.17) is 4.74 Å². The molecule has 0 radical (unpaired) electrons.